The summed E-state index contributed by atoms with van der Waals surface area (Å²) in [5.41, 5.74) is 2.64. The van der Waals surface area contributed by atoms with Gasteiger partial charge < -0.3 is 10.0 Å². The van der Waals surface area contributed by atoms with Crippen LogP contribution in [-0.2, 0) is 21.2 Å². The number of nitrogens with zero attached hydrogens (tertiary/aromatic N) is 3. The van der Waals surface area contributed by atoms with Gasteiger partial charge in [-0.15, -0.1) is 0 Å². The zero-order chi connectivity index (χ0) is 21.6. The van der Waals surface area contributed by atoms with Crippen LogP contribution in [0.1, 0.15) is 42.9 Å². The summed E-state index contributed by atoms with van der Waals surface area (Å²) in [7, 11) is -3.75. The third-order valence-electron chi connectivity index (χ3n) is 6.13. The molecule has 0 bridgehead atoms. The zero-order valence-electron chi connectivity index (χ0n) is 17.4. The Morgan fingerprint density at radius 1 is 1.13 bits per heavy atom. The van der Waals surface area contributed by atoms with Crippen LogP contribution in [0.3, 0.4) is 0 Å². The number of carbonyl (C=O) groups is 1. The van der Waals surface area contributed by atoms with Crippen molar-refractivity contribution in [2.75, 3.05) is 18.0 Å². The minimum absolute atomic E-state index is 0.176. The summed E-state index contributed by atoms with van der Waals surface area (Å²) in [5.74, 6) is -0.683. The van der Waals surface area contributed by atoms with Gasteiger partial charge in [-0.3, -0.25) is 4.79 Å². The van der Waals surface area contributed by atoms with Gasteiger partial charge in [0, 0.05) is 31.4 Å². The van der Waals surface area contributed by atoms with E-state index < -0.39 is 21.9 Å². The molecule has 2 heterocycles. The molecule has 160 valence electrons. The standard InChI is InChI=1S/C22H27N3O4S/c1-14-4-9-21(23-11-14)24-12-15(2)25(16(3)13-24)30(28,29)18-7-5-17-6-8-19(22(26)27)20(17)10-18/h4-5,7,9-11,15-16,19H,6,8,12-13H2,1-3H3,(H,26,27)/t15-,16+,19?. The van der Waals surface area contributed by atoms with Crippen molar-refractivity contribution >= 4 is 21.8 Å². The second kappa shape index (κ2) is 7.67. The molecule has 0 amide bonds. The Labute approximate surface area is 177 Å². The maximum Gasteiger partial charge on any atom is 0.310 e. The Morgan fingerprint density at radius 3 is 2.43 bits per heavy atom. The Balaban J connectivity index is 1.61. The normalized spacial score (nSPS) is 24.6. The molecular weight excluding hydrogens is 402 g/mol. The quantitative estimate of drug-likeness (QED) is 0.804. The monoisotopic (exact) mass is 429 g/mol. The van der Waals surface area contributed by atoms with Gasteiger partial charge in [-0.25, -0.2) is 13.4 Å². The minimum atomic E-state index is -3.75. The van der Waals surface area contributed by atoms with Gasteiger partial charge in [0.2, 0.25) is 10.0 Å². The van der Waals surface area contributed by atoms with Crippen molar-refractivity contribution in [3.63, 3.8) is 0 Å². The van der Waals surface area contributed by atoms with Gasteiger partial charge in [-0.1, -0.05) is 12.1 Å². The van der Waals surface area contributed by atoms with Crippen LogP contribution >= 0.6 is 0 Å². The fourth-order valence-corrected chi connectivity index (χ4v) is 6.58. The molecule has 1 aliphatic heterocycles. The molecule has 0 radical (unpaired) electrons. The molecule has 1 aromatic carbocycles. The van der Waals surface area contributed by atoms with Crippen molar-refractivity contribution in [1.82, 2.24) is 9.29 Å². The molecule has 7 nitrogen and oxygen atoms in total. The number of fused-ring (bicyclic) bond motifs is 1. The van der Waals surface area contributed by atoms with E-state index >= 15 is 0 Å². The van der Waals surface area contributed by atoms with Crippen LogP contribution in [0.2, 0.25) is 0 Å². The van der Waals surface area contributed by atoms with Crippen molar-refractivity contribution in [2.24, 2.45) is 0 Å². The molecule has 30 heavy (non-hydrogen) atoms. The highest BCUT2D eigenvalue weighted by Gasteiger charge is 2.40. The molecule has 0 saturated carbocycles. The SMILES string of the molecule is Cc1ccc(N2C[C@@H](C)N(S(=O)(=O)c3ccc4c(c3)C(C(=O)O)CC4)[C@@H](C)C2)nc1. The van der Waals surface area contributed by atoms with Gasteiger partial charge in [0.25, 0.3) is 0 Å². The number of pyridine rings is 1. The maximum absolute atomic E-state index is 13.5. The van der Waals surface area contributed by atoms with Crippen molar-refractivity contribution in [1.29, 1.82) is 0 Å². The first-order valence-corrected chi connectivity index (χ1v) is 11.7. The highest BCUT2D eigenvalue weighted by Crippen LogP contribution is 2.36. The maximum atomic E-state index is 13.5. The van der Waals surface area contributed by atoms with Crippen molar-refractivity contribution in [3.05, 3.63) is 53.2 Å². The number of carboxylic acids is 1. The third-order valence-corrected chi connectivity index (χ3v) is 8.25. The summed E-state index contributed by atoms with van der Waals surface area (Å²) in [6.07, 6.45) is 3.00. The highest BCUT2D eigenvalue weighted by atomic mass is 32.2. The number of anilines is 1. The van der Waals surface area contributed by atoms with Crippen LogP contribution in [0.25, 0.3) is 0 Å². The summed E-state index contributed by atoms with van der Waals surface area (Å²) in [4.78, 5) is 18.3. The Morgan fingerprint density at radius 2 is 1.83 bits per heavy atom. The lowest BCUT2D eigenvalue weighted by Gasteiger charge is -2.43. The van der Waals surface area contributed by atoms with Gasteiger partial charge in [0.1, 0.15) is 5.82 Å². The summed E-state index contributed by atoms with van der Waals surface area (Å²) in [6.45, 7) is 6.88. The van der Waals surface area contributed by atoms with Crippen LogP contribution in [0.15, 0.2) is 41.4 Å². The molecule has 1 aromatic heterocycles. The van der Waals surface area contributed by atoms with Crippen LogP contribution in [0.4, 0.5) is 5.82 Å². The Hall–Kier alpha value is -2.45. The average Bonchev–Trinajstić information content (AvgIpc) is 3.11. The number of aliphatic carboxylic acids is 1. The Kier molecular flexibility index (Phi) is 5.32. The van der Waals surface area contributed by atoms with Crippen LogP contribution < -0.4 is 4.90 Å². The van der Waals surface area contributed by atoms with Gasteiger partial charge >= 0.3 is 5.97 Å². The molecule has 4 rings (SSSR count). The lowest BCUT2D eigenvalue weighted by atomic mass is 10.0. The van der Waals surface area contributed by atoms with E-state index in [1.54, 1.807) is 22.5 Å². The number of hydrogen-bond acceptors (Lipinski definition) is 5. The Bertz CT molecular complexity index is 1060. The number of sulfonamides is 1. The predicted molar refractivity (Wildman–Crippen MR) is 114 cm³/mol. The topological polar surface area (TPSA) is 90.8 Å². The molecule has 1 fully saturated rings. The first-order chi connectivity index (χ1) is 14.2. The molecular formula is C22H27N3O4S. The van der Waals surface area contributed by atoms with Crippen LogP contribution in [-0.4, -0.2) is 54.0 Å². The second-order valence-corrected chi connectivity index (χ2v) is 10.3. The molecule has 1 aliphatic carbocycles. The average molecular weight is 430 g/mol. The molecule has 2 aliphatic rings. The van der Waals surface area contributed by atoms with Gasteiger partial charge in [0.05, 0.1) is 10.8 Å². The minimum Gasteiger partial charge on any atom is -0.481 e. The summed E-state index contributed by atoms with van der Waals surface area (Å²) in [5, 5.41) is 9.47. The third kappa shape index (κ3) is 3.58. The first kappa shape index (κ1) is 20.8. The van der Waals surface area contributed by atoms with Crippen molar-refractivity contribution in [3.8, 4) is 0 Å². The van der Waals surface area contributed by atoms with E-state index in [2.05, 4.69) is 9.88 Å². The second-order valence-electron chi connectivity index (χ2n) is 8.42. The van der Waals surface area contributed by atoms with E-state index in [-0.39, 0.29) is 17.0 Å². The molecule has 1 N–H and O–H groups in total. The highest BCUT2D eigenvalue weighted by molar-refractivity contribution is 7.89. The molecule has 0 spiro atoms. The van der Waals surface area contributed by atoms with Gasteiger partial charge in [0.15, 0.2) is 0 Å². The van der Waals surface area contributed by atoms with E-state index in [0.717, 1.165) is 16.9 Å². The molecule has 8 heteroatoms. The summed E-state index contributed by atoms with van der Waals surface area (Å²) < 4.78 is 28.6. The number of piperazine rings is 1. The fraction of sp³-hybridized carbons (Fsp3) is 0.455. The molecule has 2 aromatic rings. The molecule has 1 saturated heterocycles. The van der Waals surface area contributed by atoms with Gasteiger partial charge in [-0.2, -0.15) is 4.31 Å². The zero-order valence-corrected chi connectivity index (χ0v) is 18.3. The van der Waals surface area contributed by atoms with Gasteiger partial charge in [-0.05, 0) is 68.5 Å². The molecule has 1 unspecified atom stereocenters. The van der Waals surface area contributed by atoms with Crippen LogP contribution in [0.5, 0.6) is 0 Å². The number of aryl methyl sites for hydroxylation is 2. The lowest BCUT2D eigenvalue weighted by Crippen LogP contribution is -2.58. The van der Waals surface area contributed by atoms with E-state index in [1.165, 1.54) is 0 Å². The lowest BCUT2D eigenvalue weighted by molar-refractivity contribution is -0.138. The number of hydrogen-bond donors (Lipinski definition) is 1. The number of aromatic nitrogens is 1. The predicted octanol–water partition coefficient (Wildman–Crippen LogP) is 2.79. The smallest absolute Gasteiger partial charge is 0.310 e. The number of rotatable bonds is 4. The summed E-state index contributed by atoms with van der Waals surface area (Å²) in [6, 6.07) is 8.44. The fourth-order valence-electron chi connectivity index (χ4n) is 4.73. The summed E-state index contributed by atoms with van der Waals surface area (Å²) >= 11 is 0. The van der Waals surface area contributed by atoms with Crippen LogP contribution in [0, 0.1) is 6.92 Å². The van der Waals surface area contributed by atoms with E-state index in [0.29, 0.717) is 31.5 Å². The van der Waals surface area contributed by atoms with E-state index in [9.17, 15) is 18.3 Å². The number of benzene rings is 1. The van der Waals surface area contributed by atoms with E-state index in [1.807, 2.05) is 39.1 Å². The number of carboxylic acid groups (broad SMARTS) is 1. The molecule has 3 atom stereocenters. The van der Waals surface area contributed by atoms with Crippen molar-refractivity contribution < 1.29 is 18.3 Å². The van der Waals surface area contributed by atoms with Crippen molar-refractivity contribution in [2.45, 2.75) is 56.5 Å². The largest absolute Gasteiger partial charge is 0.481 e. The van der Waals surface area contributed by atoms with E-state index in [4.69, 9.17) is 0 Å². The first-order valence-electron chi connectivity index (χ1n) is 10.2.